The summed E-state index contributed by atoms with van der Waals surface area (Å²) in [5.74, 6) is -0.148. The van der Waals surface area contributed by atoms with Crippen LogP contribution in [0.4, 0.5) is 0 Å². The van der Waals surface area contributed by atoms with Gasteiger partial charge in [-0.05, 0) is 31.2 Å². The number of ketones is 1. The Morgan fingerprint density at radius 2 is 1.46 bits per heavy atom. The molecule has 1 heterocycles. The number of carbonyl (C=O) groups is 1. The van der Waals surface area contributed by atoms with Crippen LogP contribution in [0.5, 0.6) is 0 Å². The lowest BCUT2D eigenvalue weighted by Crippen LogP contribution is -2.27. The quantitative estimate of drug-likeness (QED) is 0.400. The van der Waals surface area contributed by atoms with Crippen molar-refractivity contribution in [1.82, 2.24) is 0 Å². The number of hydrogen-bond acceptors (Lipinski definition) is 5. The number of benzene rings is 3. The number of thioether (sulfide) groups is 2. The smallest absolute Gasteiger partial charge is 0.204 e. The van der Waals surface area contributed by atoms with Crippen LogP contribution in [0.3, 0.4) is 0 Å². The van der Waals surface area contributed by atoms with Crippen molar-refractivity contribution in [2.45, 2.75) is 25.4 Å². The first kappa shape index (κ1) is 19.3. The molecule has 4 rings (SSSR count). The van der Waals surface area contributed by atoms with Gasteiger partial charge in [-0.3, -0.25) is 4.79 Å². The van der Waals surface area contributed by atoms with E-state index in [0.29, 0.717) is 5.56 Å². The lowest BCUT2D eigenvalue weighted by Gasteiger charge is -2.16. The van der Waals surface area contributed by atoms with Gasteiger partial charge in [0.1, 0.15) is 5.25 Å². The number of aryl methyl sites for hydroxylation is 1. The van der Waals surface area contributed by atoms with Crippen molar-refractivity contribution in [1.29, 1.82) is 0 Å². The first-order valence-corrected chi connectivity index (χ1v) is 11.9. The molecule has 0 N–H and O–H groups in total. The van der Waals surface area contributed by atoms with Crippen LogP contribution in [0.25, 0.3) is 0 Å². The summed E-state index contributed by atoms with van der Waals surface area (Å²) in [6, 6.07) is 25.1. The standard InChI is InChI=1S/C22H18O3S3/c1-16-12-14-19(15-13-16)28(24,25)22(26-18-10-6-3-7-11-18)21(27-22)20(23)17-8-4-2-5-9-17/h2-15,21H,1H3. The van der Waals surface area contributed by atoms with Crippen molar-refractivity contribution >= 4 is 39.1 Å². The molecule has 0 spiro atoms. The number of sulfone groups is 1. The Balaban J connectivity index is 1.75. The summed E-state index contributed by atoms with van der Waals surface area (Å²) < 4.78 is 25.9. The Morgan fingerprint density at radius 3 is 2.07 bits per heavy atom. The number of rotatable bonds is 6. The average molecular weight is 427 g/mol. The lowest BCUT2D eigenvalue weighted by molar-refractivity contribution is 0.0999. The molecule has 0 amide bonds. The molecule has 2 unspecified atom stereocenters. The van der Waals surface area contributed by atoms with Crippen molar-refractivity contribution in [2.75, 3.05) is 0 Å². The fraction of sp³-hybridized carbons (Fsp3) is 0.136. The lowest BCUT2D eigenvalue weighted by atomic mass is 10.1. The Morgan fingerprint density at radius 1 is 0.893 bits per heavy atom. The van der Waals surface area contributed by atoms with E-state index in [1.807, 2.05) is 43.3 Å². The molecule has 0 radical (unpaired) electrons. The summed E-state index contributed by atoms with van der Waals surface area (Å²) in [6.07, 6.45) is 0. The van der Waals surface area contributed by atoms with Crippen molar-refractivity contribution in [3.8, 4) is 0 Å². The Bertz CT molecular complexity index is 1090. The van der Waals surface area contributed by atoms with Crippen LogP contribution in [0.1, 0.15) is 15.9 Å². The van der Waals surface area contributed by atoms with Gasteiger partial charge in [-0.1, -0.05) is 78.0 Å². The summed E-state index contributed by atoms with van der Waals surface area (Å²) in [4.78, 5) is 14.1. The SMILES string of the molecule is Cc1ccc(S(=O)(=O)C2(Sc3ccccc3)SC2C(=O)c2ccccc2)cc1. The summed E-state index contributed by atoms with van der Waals surface area (Å²) in [6.45, 7) is 1.92. The van der Waals surface area contributed by atoms with E-state index in [2.05, 4.69) is 0 Å². The molecule has 1 saturated heterocycles. The van der Waals surface area contributed by atoms with E-state index in [0.717, 1.165) is 10.5 Å². The minimum atomic E-state index is -3.74. The minimum Gasteiger partial charge on any atom is -0.293 e. The minimum absolute atomic E-state index is 0.148. The van der Waals surface area contributed by atoms with Crippen molar-refractivity contribution in [3.63, 3.8) is 0 Å². The molecule has 2 atom stereocenters. The van der Waals surface area contributed by atoms with E-state index >= 15 is 0 Å². The van der Waals surface area contributed by atoms with Gasteiger partial charge in [-0.25, -0.2) is 8.42 Å². The molecule has 1 aliphatic rings. The van der Waals surface area contributed by atoms with Crippen molar-refractivity contribution in [3.05, 3.63) is 96.1 Å². The summed E-state index contributed by atoms with van der Waals surface area (Å²) in [5.41, 5.74) is 1.53. The first-order valence-electron chi connectivity index (χ1n) is 8.76. The summed E-state index contributed by atoms with van der Waals surface area (Å²) in [7, 11) is -3.74. The highest BCUT2D eigenvalue weighted by Crippen LogP contribution is 2.68. The maximum Gasteiger partial charge on any atom is 0.204 e. The molecule has 0 bridgehead atoms. The Kier molecular flexibility index (Phi) is 5.12. The van der Waals surface area contributed by atoms with Crippen LogP contribution in [0.2, 0.25) is 0 Å². The molecule has 3 aromatic carbocycles. The molecule has 3 nitrogen and oxygen atoms in total. The topological polar surface area (TPSA) is 51.2 Å². The van der Waals surface area contributed by atoms with Crippen LogP contribution in [0, 0.1) is 6.92 Å². The highest BCUT2D eigenvalue weighted by atomic mass is 32.3. The second-order valence-corrected chi connectivity index (χ2v) is 12.1. The van der Waals surface area contributed by atoms with E-state index in [-0.39, 0.29) is 10.7 Å². The second kappa shape index (κ2) is 7.43. The van der Waals surface area contributed by atoms with Crippen LogP contribution in [0.15, 0.2) is 94.7 Å². The van der Waals surface area contributed by atoms with Gasteiger partial charge < -0.3 is 0 Å². The number of hydrogen-bond donors (Lipinski definition) is 0. The highest BCUT2D eigenvalue weighted by Gasteiger charge is 2.69. The normalized spacial score (nSPS) is 21.2. The zero-order valence-electron chi connectivity index (χ0n) is 15.1. The van der Waals surface area contributed by atoms with Gasteiger partial charge in [0, 0.05) is 10.5 Å². The van der Waals surface area contributed by atoms with E-state index in [1.165, 1.54) is 23.5 Å². The van der Waals surface area contributed by atoms with Gasteiger partial charge in [-0.2, -0.15) is 0 Å². The van der Waals surface area contributed by atoms with Gasteiger partial charge >= 0.3 is 0 Å². The molecule has 6 heteroatoms. The van der Waals surface area contributed by atoms with Crippen LogP contribution in [-0.4, -0.2) is 22.9 Å². The monoisotopic (exact) mass is 426 g/mol. The first-order chi connectivity index (χ1) is 13.4. The fourth-order valence-electron chi connectivity index (χ4n) is 2.97. The van der Waals surface area contributed by atoms with Gasteiger partial charge in [0.05, 0.1) is 4.90 Å². The molecule has 0 aromatic heterocycles. The van der Waals surface area contributed by atoms with Gasteiger partial charge in [0.2, 0.25) is 9.84 Å². The van der Waals surface area contributed by atoms with E-state index in [4.69, 9.17) is 0 Å². The fourth-order valence-corrected chi connectivity index (χ4v) is 9.02. The molecule has 3 aromatic rings. The molecule has 1 fully saturated rings. The zero-order valence-corrected chi connectivity index (χ0v) is 17.6. The summed E-state index contributed by atoms with van der Waals surface area (Å²) >= 11 is 2.46. The predicted molar refractivity (Wildman–Crippen MR) is 116 cm³/mol. The number of Topliss-reactive ketones (excluding diaryl/α,β-unsaturated/α-hetero) is 1. The van der Waals surface area contributed by atoms with Gasteiger partial charge in [0.15, 0.2) is 9.19 Å². The van der Waals surface area contributed by atoms with Crippen molar-refractivity contribution in [2.24, 2.45) is 0 Å². The Hall–Kier alpha value is -2.02. The largest absolute Gasteiger partial charge is 0.293 e. The maximum absolute atomic E-state index is 13.6. The highest BCUT2D eigenvalue weighted by molar-refractivity contribution is 8.38. The van der Waals surface area contributed by atoms with Crippen LogP contribution in [-0.2, 0) is 9.84 Å². The van der Waals surface area contributed by atoms with E-state index in [1.54, 1.807) is 48.5 Å². The Labute approximate surface area is 173 Å². The third kappa shape index (κ3) is 3.41. The molecule has 0 saturated carbocycles. The maximum atomic E-state index is 13.6. The van der Waals surface area contributed by atoms with Crippen LogP contribution < -0.4 is 0 Å². The number of carbonyl (C=O) groups excluding carboxylic acids is 1. The van der Waals surface area contributed by atoms with Crippen LogP contribution >= 0.6 is 23.5 Å². The molecule has 1 aliphatic heterocycles. The second-order valence-electron chi connectivity index (χ2n) is 6.56. The molecule has 28 heavy (non-hydrogen) atoms. The van der Waals surface area contributed by atoms with Gasteiger partial charge in [-0.15, -0.1) is 11.8 Å². The summed E-state index contributed by atoms with van der Waals surface area (Å²) in [5, 5.41) is -0.647. The molecular weight excluding hydrogens is 408 g/mol. The van der Waals surface area contributed by atoms with E-state index in [9.17, 15) is 13.2 Å². The van der Waals surface area contributed by atoms with Crippen molar-refractivity contribution < 1.29 is 13.2 Å². The molecular formula is C22H18O3S3. The zero-order chi connectivity index (χ0) is 19.8. The average Bonchev–Trinajstić information content (AvgIpc) is 3.45. The van der Waals surface area contributed by atoms with Gasteiger partial charge in [0.25, 0.3) is 0 Å². The van der Waals surface area contributed by atoms with E-state index < -0.39 is 18.5 Å². The third-order valence-corrected chi connectivity index (χ3v) is 11.3. The predicted octanol–water partition coefficient (Wildman–Crippen LogP) is 5.21. The third-order valence-electron chi connectivity index (χ3n) is 4.55. The molecule has 142 valence electrons. The molecule has 0 aliphatic carbocycles.